The Bertz CT molecular complexity index is 194. The highest BCUT2D eigenvalue weighted by Gasteiger charge is 2.48. The van der Waals surface area contributed by atoms with Gasteiger partial charge < -0.3 is 10.4 Å². The van der Waals surface area contributed by atoms with E-state index in [1.807, 2.05) is 5.32 Å². The number of hydrogen-bond donors (Lipinski definition) is 2. The fourth-order valence-corrected chi connectivity index (χ4v) is 1.01. The Kier molecular flexibility index (Phi) is 3.93. The molecule has 0 saturated carbocycles. The number of carbonyl (C=O) groups excluding carboxylic acids is 1. The molecule has 3 nitrogen and oxygen atoms in total. The third-order valence-corrected chi connectivity index (χ3v) is 1.80. The van der Waals surface area contributed by atoms with Gasteiger partial charge in [-0.05, 0) is 13.8 Å². The summed E-state index contributed by atoms with van der Waals surface area (Å²) in [5.74, 6) is -2.51. The van der Waals surface area contributed by atoms with Crippen LogP contribution in [0.1, 0.15) is 20.8 Å². The summed E-state index contributed by atoms with van der Waals surface area (Å²) in [4.78, 5) is 10.4. The molecular formula is C8H14F3NO2. The zero-order chi connectivity index (χ0) is 11.6. The van der Waals surface area contributed by atoms with Crippen molar-refractivity contribution in [2.45, 2.75) is 32.5 Å². The first kappa shape index (κ1) is 13.2. The van der Waals surface area contributed by atoms with E-state index >= 15 is 0 Å². The van der Waals surface area contributed by atoms with E-state index in [1.165, 1.54) is 0 Å². The molecule has 0 heterocycles. The summed E-state index contributed by atoms with van der Waals surface area (Å²) >= 11 is 0. The number of aliphatic hydroxyl groups is 1. The van der Waals surface area contributed by atoms with Gasteiger partial charge in [0.2, 0.25) is 5.91 Å². The summed E-state index contributed by atoms with van der Waals surface area (Å²) in [5.41, 5.74) is -1.90. The van der Waals surface area contributed by atoms with Gasteiger partial charge in [-0.25, -0.2) is 0 Å². The minimum absolute atomic E-state index is 0.552. The lowest BCUT2D eigenvalue weighted by Crippen LogP contribution is -2.47. The molecule has 0 aliphatic carbocycles. The number of halogens is 3. The highest BCUT2D eigenvalue weighted by molar-refractivity contribution is 5.72. The summed E-state index contributed by atoms with van der Waals surface area (Å²) in [6, 6.07) is 0. The lowest BCUT2D eigenvalue weighted by Gasteiger charge is -2.31. The van der Waals surface area contributed by atoms with E-state index in [-0.39, 0.29) is 0 Å². The summed E-state index contributed by atoms with van der Waals surface area (Å²) < 4.78 is 37.1. The summed E-state index contributed by atoms with van der Waals surface area (Å²) in [7, 11) is 0. The van der Waals surface area contributed by atoms with Crippen molar-refractivity contribution < 1.29 is 23.1 Å². The molecule has 1 atom stereocenters. The Morgan fingerprint density at radius 2 is 1.86 bits per heavy atom. The Morgan fingerprint density at radius 3 is 2.07 bits per heavy atom. The molecular weight excluding hydrogens is 199 g/mol. The number of hydrogen-bond acceptors (Lipinski definition) is 2. The monoisotopic (exact) mass is 213 g/mol. The quantitative estimate of drug-likeness (QED) is 0.736. The molecule has 14 heavy (non-hydrogen) atoms. The standard InChI is InChI=1S/C8H14F3NO2/c1-5(13)12-4-6(7(2,3)14)8(9,10)11/h6,14H,4H2,1-3H3,(H,12,13). The summed E-state index contributed by atoms with van der Waals surface area (Å²) in [5, 5.41) is 11.3. The molecule has 1 unspecified atom stereocenters. The second kappa shape index (κ2) is 4.16. The average Bonchev–Trinajstić information content (AvgIpc) is 1.78. The normalized spacial score (nSPS) is 15.1. The van der Waals surface area contributed by atoms with Crippen molar-refractivity contribution >= 4 is 5.91 Å². The molecule has 0 fully saturated rings. The minimum Gasteiger partial charge on any atom is -0.390 e. The van der Waals surface area contributed by atoms with Crippen LogP contribution < -0.4 is 5.32 Å². The maximum absolute atomic E-state index is 12.4. The number of amides is 1. The summed E-state index contributed by atoms with van der Waals surface area (Å²) in [6.45, 7) is 2.64. The minimum atomic E-state index is -4.53. The SMILES string of the molecule is CC(=O)NCC(C(C)(C)O)C(F)(F)F. The molecule has 6 heteroatoms. The van der Waals surface area contributed by atoms with E-state index in [9.17, 15) is 23.1 Å². The van der Waals surface area contributed by atoms with Gasteiger partial charge >= 0.3 is 6.18 Å². The van der Waals surface area contributed by atoms with Crippen LogP contribution in [0.5, 0.6) is 0 Å². The van der Waals surface area contributed by atoms with Crippen LogP contribution in [0, 0.1) is 5.92 Å². The van der Waals surface area contributed by atoms with Crippen molar-refractivity contribution in [2.75, 3.05) is 6.54 Å². The number of rotatable bonds is 3. The molecule has 0 radical (unpaired) electrons. The second-order valence-electron chi connectivity index (χ2n) is 3.68. The van der Waals surface area contributed by atoms with Crippen molar-refractivity contribution in [1.82, 2.24) is 5.32 Å². The molecule has 1 amide bonds. The lowest BCUT2D eigenvalue weighted by molar-refractivity contribution is -0.216. The van der Waals surface area contributed by atoms with E-state index in [2.05, 4.69) is 0 Å². The van der Waals surface area contributed by atoms with Gasteiger partial charge in [-0.2, -0.15) is 13.2 Å². The molecule has 2 N–H and O–H groups in total. The number of alkyl halides is 3. The molecule has 0 aliphatic heterocycles. The van der Waals surface area contributed by atoms with E-state index < -0.39 is 30.1 Å². The highest BCUT2D eigenvalue weighted by Crippen LogP contribution is 2.33. The van der Waals surface area contributed by atoms with E-state index in [0.717, 1.165) is 20.8 Å². The Hall–Kier alpha value is -0.780. The van der Waals surface area contributed by atoms with Crippen LogP contribution in [0.15, 0.2) is 0 Å². The fourth-order valence-electron chi connectivity index (χ4n) is 1.01. The second-order valence-corrected chi connectivity index (χ2v) is 3.68. The predicted molar refractivity (Wildman–Crippen MR) is 44.5 cm³/mol. The number of nitrogens with one attached hydrogen (secondary N) is 1. The van der Waals surface area contributed by atoms with Crippen molar-refractivity contribution in [3.05, 3.63) is 0 Å². The largest absolute Gasteiger partial charge is 0.396 e. The maximum atomic E-state index is 12.4. The van der Waals surface area contributed by atoms with Gasteiger partial charge in [-0.15, -0.1) is 0 Å². The van der Waals surface area contributed by atoms with E-state index in [0.29, 0.717) is 0 Å². The van der Waals surface area contributed by atoms with Gasteiger partial charge in [0.15, 0.2) is 0 Å². The molecule has 0 spiro atoms. The number of carbonyl (C=O) groups is 1. The molecule has 0 aliphatic rings. The molecule has 0 aromatic rings. The molecule has 0 aromatic heterocycles. The predicted octanol–water partition coefficient (Wildman–Crippen LogP) is 1.07. The topological polar surface area (TPSA) is 49.3 Å². The van der Waals surface area contributed by atoms with Crippen LogP contribution in [-0.4, -0.2) is 29.3 Å². The maximum Gasteiger partial charge on any atom is 0.396 e. The van der Waals surface area contributed by atoms with Gasteiger partial charge in [0.1, 0.15) is 5.92 Å². The third-order valence-electron chi connectivity index (χ3n) is 1.80. The van der Waals surface area contributed by atoms with Crippen LogP contribution in [-0.2, 0) is 4.79 Å². The van der Waals surface area contributed by atoms with Crippen molar-refractivity contribution in [3.63, 3.8) is 0 Å². The molecule has 0 rings (SSSR count). The van der Waals surface area contributed by atoms with Crippen molar-refractivity contribution in [1.29, 1.82) is 0 Å². The zero-order valence-corrected chi connectivity index (χ0v) is 8.27. The first-order valence-corrected chi connectivity index (χ1v) is 4.08. The van der Waals surface area contributed by atoms with Crippen molar-refractivity contribution in [3.8, 4) is 0 Å². The fraction of sp³-hybridized carbons (Fsp3) is 0.875. The third kappa shape index (κ3) is 4.45. The Balaban J connectivity index is 4.51. The highest BCUT2D eigenvalue weighted by atomic mass is 19.4. The van der Waals surface area contributed by atoms with E-state index in [1.54, 1.807) is 0 Å². The summed E-state index contributed by atoms with van der Waals surface area (Å²) in [6.07, 6.45) is -4.53. The van der Waals surface area contributed by atoms with Gasteiger partial charge in [-0.3, -0.25) is 4.79 Å². The van der Waals surface area contributed by atoms with E-state index in [4.69, 9.17) is 0 Å². The van der Waals surface area contributed by atoms with Gasteiger partial charge in [0.25, 0.3) is 0 Å². The van der Waals surface area contributed by atoms with Crippen molar-refractivity contribution in [2.24, 2.45) is 5.92 Å². The first-order chi connectivity index (χ1) is 6.05. The molecule has 84 valence electrons. The molecule has 0 bridgehead atoms. The molecule has 0 aromatic carbocycles. The van der Waals surface area contributed by atoms with Crippen LogP contribution >= 0.6 is 0 Å². The van der Waals surface area contributed by atoms with Crippen LogP contribution in [0.3, 0.4) is 0 Å². The first-order valence-electron chi connectivity index (χ1n) is 4.08. The van der Waals surface area contributed by atoms with Gasteiger partial charge in [-0.1, -0.05) is 0 Å². The van der Waals surface area contributed by atoms with Gasteiger partial charge in [0, 0.05) is 13.5 Å². The zero-order valence-electron chi connectivity index (χ0n) is 8.27. The van der Waals surface area contributed by atoms with Crippen LogP contribution in [0.2, 0.25) is 0 Å². The smallest absolute Gasteiger partial charge is 0.390 e. The van der Waals surface area contributed by atoms with Crippen LogP contribution in [0.25, 0.3) is 0 Å². The lowest BCUT2D eigenvalue weighted by atomic mass is 9.90. The average molecular weight is 213 g/mol. The Morgan fingerprint density at radius 1 is 1.43 bits per heavy atom. The van der Waals surface area contributed by atoms with Crippen LogP contribution in [0.4, 0.5) is 13.2 Å². The van der Waals surface area contributed by atoms with Gasteiger partial charge in [0.05, 0.1) is 5.60 Å². The Labute approximate surface area is 80.3 Å². The molecule has 0 saturated heterocycles.